The van der Waals surface area contributed by atoms with Crippen molar-refractivity contribution in [1.29, 1.82) is 0 Å². The second-order valence-electron chi connectivity index (χ2n) is 5.32. The van der Waals surface area contributed by atoms with E-state index in [1.54, 1.807) is 6.26 Å². The number of rotatable bonds is 7. The number of hydrogen-bond donors (Lipinski definition) is 0. The molecule has 1 saturated carbocycles. The van der Waals surface area contributed by atoms with Gasteiger partial charge in [0.05, 0.1) is 12.8 Å². The molecule has 0 bridgehead atoms. The Balaban J connectivity index is 1.56. The van der Waals surface area contributed by atoms with E-state index in [2.05, 4.69) is 4.90 Å². The maximum atomic E-state index is 12.1. The van der Waals surface area contributed by atoms with Gasteiger partial charge in [-0.1, -0.05) is 30.3 Å². The monoisotopic (exact) mass is 269 g/mol. The second-order valence-corrected chi connectivity index (χ2v) is 5.32. The molecule has 0 spiro atoms. The Morgan fingerprint density at radius 2 is 1.95 bits per heavy atom. The summed E-state index contributed by atoms with van der Waals surface area (Å²) in [5, 5.41) is 0. The summed E-state index contributed by atoms with van der Waals surface area (Å²) < 4.78 is 5.41. The van der Waals surface area contributed by atoms with Crippen molar-refractivity contribution in [1.82, 2.24) is 4.90 Å². The lowest BCUT2D eigenvalue weighted by Gasteiger charge is -2.20. The van der Waals surface area contributed by atoms with Gasteiger partial charge in [-0.15, -0.1) is 0 Å². The average molecular weight is 269 g/mol. The lowest BCUT2D eigenvalue weighted by Crippen LogP contribution is -2.28. The van der Waals surface area contributed by atoms with Crippen molar-refractivity contribution >= 4 is 5.78 Å². The molecule has 0 aliphatic heterocycles. The van der Waals surface area contributed by atoms with E-state index in [9.17, 15) is 4.79 Å². The van der Waals surface area contributed by atoms with Gasteiger partial charge in [0.15, 0.2) is 5.78 Å². The number of nitrogens with zero attached hydrogens (tertiary/aromatic N) is 1. The van der Waals surface area contributed by atoms with Crippen molar-refractivity contribution < 1.29 is 9.21 Å². The molecule has 0 atom stereocenters. The van der Waals surface area contributed by atoms with Crippen LogP contribution in [0.5, 0.6) is 0 Å². The summed E-state index contributed by atoms with van der Waals surface area (Å²) in [4.78, 5) is 14.5. The highest BCUT2D eigenvalue weighted by atomic mass is 16.3. The van der Waals surface area contributed by atoms with Gasteiger partial charge < -0.3 is 4.42 Å². The Morgan fingerprint density at radius 1 is 1.15 bits per heavy atom. The molecule has 0 unspecified atom stereocenters. The summed E-state index contributed by atoms with van der Waals surface area (Å²) in [6.07, 6.45) is 4.75. The highest BCUT2D eigenvalue weighted by Gasteiger charge is 2.29. The molecule has 1 fully saturated rings. The number of furan rings is 1. The molecule has 1 aromatic carbocycles. The van der Waals surface area contributed by atoms with Crippen LogP contribution in [0.1, 0.15) is 35.4 Å². The van der Waals surface area contributed by atoms with E-state index < -0.39 is 0 Å². The highest BCUT2D eigenvalue weighted by molar-refractivity contribution is 5.96. The van der Waals surface area contributed by atoms with E-state index in [1.165, 1.54) is 12.8 Å². The van der Waals surface area contributed by atoms with E-state index in [-0.39, 0.29) is 5.78 Å². The van der Waals surface area contributed by atoms with Gasteiger partial charge in [-0.25, -0.2) is 0 Å². The molecule has 2 aromatic rings. The van der Waals surface area contributed by atoms with Crippen molar-refractivity contribution in [2.75, 3.05) is 6.54 Å². The van der Waals surface area contributed by atoms with Gasteiger partial charge in [0.1, 0.15) is 5.76 Å². The number of benzene rings is 1. The Kier molecular flexibility index (Phi) is 3.97. The van der Waals surface area contributed by atoms with Crippen LogP contribution in [0.15, 0.2) is 53.1 Å². The standard InChI is InChI=1S/C17H19NO2/c19-17(14-5-2-1-3-6-14)10-11-18(15-8-9-15)13-16-7-4-12-20-16/h1-7,12,15H,8-11,13H2. The van der Waals surface area contributed by atoms with E-state index in [0.29, 0.717) is 12.5 Å². The Morgan fingerprint density at radius 3 is 2.60 bits per heavy atom. The maximum absolute atomic E-state index is 12.1. The highest BCUT2D eigenvalue weighted by Crippen LogP contribution is 2.28. The van der Waals surface area contributed by atoms with Crippen LogP contribution in [-0.2, 0) is 6.54 Å². The molecule has 0 amide bonds. The minimum atomic E-state index is 0.218. The van der Waals surface area contributed by atoms with Gasteiger partial charge in [-0.05, 0) is 25.0 Å². The quantitative estimate of drug-likeness (QED) is 0.721. The number of carbonyl (C=O) groups excluding carboxylic acids is 1. The first-order valence-corrected chi connectivity index (χ1v) is 7.17. The first-order valence-electron chi connectivity index (χ1n) is 7.17. The number of hydrogen-bond acceptors (Lipinski definition) is 3. The first kappa shape index (κ1) is 13.1. The third-order valence-electron chi connectivity index (χ3n) is 3.72. The minimum absolute atomic E-state index is 0.218. The zero-order valence-electron chi connectivity index (χ0n) is 11.5. The second kappa shape index (κ2) is 6.06. The fraction of sp³-hybridized carbons (Fsp3) is 0.353. The smallest absolute Gasteiger partial charge is 0.164 e. The predicted octanol–water partition coefficient (Wildman–Crippen LogP) is 3.52. The minimum Gasteiger partial charge on any atom is -0.468 e. The molecule has 0 N–H and O–H groups in total. The average Bonchev–Trinajstić information content (AvgIpc) is 3.21. The van der Waals surface area contributed by atoms with E-state index in [4.69, 9.17) is 4.42 Å². The molecular formula is C17H19NO2. The van der Waals surface area contributed by atoms with Gasteiger partial charge in [0, 0.05) is 24.6 Å². The summed E-state index contributed by atoms with van der Waals surface area (Å²) in [6.45, 7) is 1.61. The molecule has 3 nitrogen and oxygen atoms in total. The number of carbonyl (C=O) groups is 1. The van der Waals surface area contributed by atoms with Crippen molar-refractivity contribution in [3.8, 4) is 0 Å². The van der Waals surface area contributed by atoms with Crippen LogP contribution in [0, 0.1) is 0 Å². The molecule has 1 aromatic heterocycles. The fourth-order valence-electron chi connectivity index (χ4n) is 2.45. The first-order chi connectivity index (χ1) is 9.83. The van der Waals surface area contributed by atoms with Crippen LogP contribution < -0.4 is 0 Å². The summed E-state index contributed by atoms with van der Waals surface area (Å²) in [5.41, 5.74) is 0.807. The van der Waals surface area contributed by atoms with E-state index >= 15 is 0 Å². The summed E-state index contributed by atoms with van der Waals surface area (Å²) in [7, 11) is 0. The van der Waals surface area contributed by atoms with E-state index in [0.717, 1.165) is 24.4 Å². The normalized spacial score (nSPS) is 14.7. The molecule has 0 radical (unpaired) electrons. The van der Waals surface area contributed by atoms with Crippen molar-refractivity contribution in [3.63, 3.8) is 0 Å². The van der Waals surface area contributed by atoms with Gasteiger partial charge in [0.25, 0.3) is 0 Å². The predicted molar refractivity (Wildman–Crippen MR) is 77.5 cm³/mol. The molecule has 0 saturated heterocycles. The Hall–Kier alpha value is -1.87. The molecule has 3 rings (SSSR count). The van der Waals surface area contributed by atoms with Crippen LogP contribution in [0.3, 0.4) is 0 Å². The fourth-order valence-corrected chi connectivity index (χ4v) is 2.45. The third kappa shape index (κ3) is 3.36. The largest absolute Gasteiger partial charge is 0.468 e. The molecule has 104 valence electrons. The van der Waals surface area contributed by atoms with Crippen LogP contribution >= 0.6 is 0 Å². The molecule has 1 aliphatic carbocycles. The molecule has 20 heavy (non-hydrogen) atoms. The zero-order chi connectivity index (χ0) is 13.8. The third-order valence-corrected chi connectivity index (χ3v) is 3.72. The number of Topliss-reactive ketones (excluding diaryl/α,β-unsaturated/α-hetero) is 1. The topological polar surface area (TPSA) is 33.5 Å². The summed E-state index contributed by atoms with van der Waals surface area (Å²) in [6, 6.07) is 14.1. The van der Waals surface area contributed by atoms with Gasteiger partial charge in [-0.2, -0.15) is 0 Å². The number of ketones is 1. The zero-order valence-corrected chi connectivity index (χ0v) is 11.5. The SMILES string of the molecule is O=C(CCN(Cc1ccco1)C1CC1)c1ccccc1. The van der Waals surface area contributed by atoms with E-state index in [1.807, 2.05) is 42.5 Å². The lowest BCUT2D eigenvalue weighted by molar-refractivity contribution is 0.0957. The maximum Gasteiger partial charge on any atom is 0.164 e. The Labute approximate surface area is 119 Å². The van der Waals surface area contributed by atoms with Crippen LogP contribution in [0.25, 0.3) is 0 Å². The van der Waals surface area contributed by atoms with Gasteiger partial charge in [-0.3, -0.25) is 9.69 Å². The molecule has 1 aliphatic rings. The summed E-state index contributed by atoms with van der Waals surface area (Å²) in [5.74, 6) is 1.19. The van der Waals surface area contributed by atoms with Crippen LogP contribution in [-0.4, -0.2) is 23.3 Å². The molecular weight excluding hydrogens is 250 g/mol. The lowest BCUT2D eigenvalue weighted by atomic mass is 10.1. The van der Waals surface area contributed by atoms with Crippen LogP contribution in [0.2, 0.25) is 0 Å². The van der Waals surface area contributed by atoms with Crippen molar-refractivity contribution in [3.05, 3.63) is 60.1 Å². The van der Waals surface area contributed by atoms with Gasteiger partial charge >= 0.3 is 0 Å². The summed E-state index contributed by atoms with van der Waals surface area (Å²) >= 11 is 0. The van der Waals surface area contributed by atoms with Crippen molar-refractivity contribution in [2.45, 2.75) is 31.8 Å². The molecule has 1 heterocycles. The van der Waals surface area contributed by atoms with Crippen molar-refractivity contribution in [2.24, 2.45) is 0 Å². The Bertz CT molecular complexity index is 544. The molecule has 3 heteroatoms. The van der Waals surface area contributed by atoms with Crippen LogP contribution in [0.4, 0.5) is 0 Å². The van der Waals surface area contributed by atoms with Gasteiger partial charge in [0.2, 0.25) is 0 Å².